The van der Waals surface area contributed by atoms with Crippen LogP contribution in [0.3, 0.4) is 0 Å². The molecule has 0 aliphatic carbocycles. The van der Waals surface area contributed by atoms with Gasteiger partial charge in [0.1, 0.15) is 4.90 Å². The Morgan fingerprint density at radius 3 is 2.56 bits per heavy atom. The van der Waals surface area contributed by atoms with E-state index in [4.69, 9.17) is 0 Å². The Bertz CT molecular complexity index is 872. The van der Waals surface area contributed by atoms with Crippen LogP contribution in [0.2, 0.25) is 0 Å². The van der Waals surface area contributed by atoms with E-state index < -0.39 is 10.0 Å². The fourth-order valence-electron chi connectivity index (χ4n) is 3.15. The summed E-state index contributed by atoms with van der Waals surface area (Å²) in [7, 11) is -1.87. The number of sulfonamides is 1. The van der Waals surface area contributed by atoms with Gasteiger partial charge in [-0.1, -0.05) is 6.07 Å². The molecule has 0 atom stereocenters. The largest absolute Gasteiger partial charge is 0.337 e. The lowest BCUT2D eigenvalue weighted by molar-refractivity contribution is 0.0769. The zero-order valence-corrected chi connectivity index (χ0v) is 16.2. The smallest absolute Gasteiger partial charge is 0.263 e. The van der Waals surface area contributed by atoms with Crippen LogP contribution < -0.4 is 0 Å². The number of rotatable bonds is 3. The lowest BCUT2D eigenvalue weighted by Crippen LogP contribution is -2.37. The molecule has 136 valence electrons. The summed E-state index contributed by atoms with van der Waals surface area (Å²) >= 11 is 1.41. The molecule has 25 heavy (non-hydrogen) atoms. The number of thiophene rings is 1. The van der Waals surface area contributed by atoms with Crippen LogP contribution in [-0.2, 0) is 17.1 Å². The third-order valence-electron chi connectivity index (χ3n) is 4.51. The molecule has 3 heterocycles. The Kier molecular flexibility index (Phi) is 4.99. The number of hydrogen-bond donors (Lipinski definition) is 0. The van der Waals surface area contributed by atoms with Crippen LogP contribution >= 0.6 is 11.3 Å². The van der Waals surface area contributed by atoms with Crippen LogP contribution in [0.25, 0.3) is 0 Å². The maximum absolute atomic E-state index is 13.1. The second-order valence-electron chi connectivity index (χ2n) is 6.15. The van der Waals surface area contributed by atoms with Crippen LogP contribution in [0.4, 0.5) is 0 Å². The van der Waals surface area contributed by atoms with E-state index in [0.717, 1.165) is 0 Å². The lowest BCUT2D eigenvalue weighted by atomic mass is 10.3. The van der Waals surface area contributed by atoms with Gasteiger partial charge in [-0.2, -0.15) is 9.40 Å². The highest BCUT2D eigenvalue weighted by Crippen LogP contribution is 2.24. The minimum absolute atomic E-state index is 0.0250. The van der Waals surface area contributed by atoms with Crippen LogP contribution in [0, 0.1) is 13.8 Å². The van der Waals surface area contributed by atoms with E-state index in [2.05, 4.69) is 5.10 Å². The summed E-state index contributed by atoms with van der Waals surface area (Å²) in [5.74, 6) is -0.0250. The summed E-state index contributed by atoms with van der Waals surface area (Å²) in [5.41, 5.74) is 1.14. The van der Waals surface area contributed by atoms with Gasteiger partial charge in [-0.25, -0.2) is 8.42 Å². The predicted octanol–water partition coefficient (Wildman–Crippen LogP) is 1.64. The quantitative estimate of drug-likeness (QED) is 0.809. The Hall–Kier alpha value is -1.71. The minimum Gasteiger partial charge on any atom is -0.337 e. The van der Waals surface area contributed by atoms with Crippen molar-refractivity contribution in [3.63, 3.8) is 0 Å². The van der Waals surface area contributed by atoms with E-state index in [1.54, 1.807) is 36.5 Å². The van der Waals surface area contributed by atoms with Crippen molar-refractivity contribution in [1.29, 1.82) is 0 Å². The molecule has 1 aliphatic rings. The van der Waals surface area contributed by atoms with Gasteiger partial charge in [0.2, 0.25) is 10.0 Å². The first kappa shape index (κ1) is 18.1. The van der Waals surface area contributed by atoms with Gasteiger partial charge >= 0.3 is 0 Å². The van der Waals surface area contributed by atoms with E-state index >= 15 is 0 Å². The highest BCUT2D eigenvalue weighted by atomic mass is 32.2. The van der Waals surface area contributed by atoms with Crippen molar-refractivity contribution in [1.82, 2.24) is 19.0 Å². The molecule has 2 aromatic rings. The molecule has 0 N–H and O–H groups in total. The molecule has 7 nitrogen and oxygen atoms in total. The number of hydrogen-bond acceptors (Lipinski definition) is 5. The number of carbonyl (C=O) groups excluding carboxylic acids is 1. The molecule has 0 aromatic carbocycles. The molecule has 0 unspecified atom stereocenters. The van der Waals surface area contributed by atoms with Crippen molar-refractivity contribution in [2.24, 2.45) is 7.05 Å². The summed E-state index contributed by atoms with van der Waals surface area (Å²) in [6, 6.07) is 3.65. The fraction of sp³-hybridized carbons (Fsp3) is 0.500. The lowest BCUT2D eigenvalue weighted by Gasteiger charge is -2.21. The normalized spacial score (nSPS) is 16.8. The summed E-state index contributed by atoms with van der Waals surface area (Å²) < 4.78 is 29.2. The molecular weight excluding hydrogens is 360 g/mol. The number of amides is 1. The first-order chi connectivity index (χ1) is 11.8. The van der Waals surface area contributed by atoms with Crippen molar-refractivity contribution in [2.45, 2.75) is 25.2 Å². The van der Waals surface area contributed by atoms with Gasteiger partial charge in [-0.3, -0.25) is 9.48 Å². The molecule has 0 radical (unpaired) electrons. The van der Waals surface area contributed by atoms with Crippen molar-refractivity contribution >= 4 is 27.3 Å². The Balaban J connectivity index is 1.80. The minimum atomic E-state index is -3.61. The number of aryl methyl sites for hydroxylation is 2. The first-order valence-corrected chi connectivity index (χ1v) is 10.5. The van der Waals surface area contributed by atoms with E-state index in [1.807, 2.05) is 11.4 Å². The molecule has 0 bridgehead atoms. The molecule has 1 amide bonds. The number of carbonyl (C=O) groups is 1. The molecular formula is C16H22N4O3S2. The highest BCUT2D eigenvalue weighted by molar-refractivity contribution is 7.89. The van der Waals surface area contributed by atoms with Gasteiger partial charge in [0.05, 0.1) is 16.3 Å². The average molecular weight is 383 g/mol. The van der Waals surface area contributed by atoms with E-state index in [-0.39, 0.29) is 10.8 Å². The summed E-state index contributed by atoms with van der Waals surface area (Å²) in [6.07, 6.45) is 0.620. The Morgan fingerprint density at radius 2 is 1.96 bits per heavy atom. The van der Waals surface area contributed by atoms with E-state index in [1.165, 1.54) is 15.6 Å². The summed E-state index contributed by atoms with van der Waals surface area (Å²) in [5, 5.41) is 6.09. The van der Waals surface area contributed by atoms with Crippen LogP contribution in [0.5, 0.6) is 0 Å². The molecule has 3 rings (SSSR count). The van der Waals surface area contributed by atoms with Gasteiger partial charge in [0.15, 0.2) is 0 Å². The predicted molar refractivity (Wildman–Crippen MR) is 96.3 cm³/mol. The zero-order chi connectivity index (χ0) is 18.2. The van der Waals surface area contributed by atoms with Crippen molar-refractivity contribution in [3.05, 3.63) is 33.8 Å². The molecule has 1 saturated heterocycles. The Morgan fingerprint density at radius 1 is 1.20 bits per heavy atom. The number of nitrogens with zero attached hydrogens (tertiary/aromatic N) is 4. The highest BCUT2D eigenvalue weighted by Gasteiger charge is 2.32. The van der Waals surface area contributed by atoms with Gasteiger partial charge in [-0.05, 0) is 31.7 Å². The standard InChI is InChI=1S/C16H22N4O3S2/c1-12-15(13(2)18(3)17-12)25(22,23)20-8-5-7-19(9-10-20)16(21)14-6-4-11-24-14/h4,6,11H,5,7-10H2,1-3H3. The third-order valence-corrected chi connectivity index (χ3v) is 7.52. The van der Waals surface area contributed by atoms with Crippen molar-refractivity contribution in [2.75, 3.05) is 26.2 Å². The molecule has 0 saturated carbocycles. The first-order valence-electron chi connectivity index (χ1n) is 8.15. The third kappa shape index (κ3) is 3.36. The van der Waals surface area contributed by atoms with Crippen LogP contribution in [-0.4, -0.2) is 59.5 Å². The average Bonchev–Trinajstić information content (AvgIpc) is 3.08. The summed E-state index contributed by atoms with van der Waals surface area (Å²) in [6.45, 7) is 5.14. The fourth-order valence-corrected chi connectivity index (χ4v) is 5.71. The Labute approximate surface area is 151 Å². The zero-order valence-electron chi connectivity index (χ0n) is 14.6. The van der Waals surface area contributed by atoms with Gasteiger partial charge in [0, 0.05) is 33.2 Å². The topological polar surface area (TPSA) is 75.5 Å². The van der Waals surface area contributed by atoms with Crippen molar-refractivity contribution in [3.8, 4) is 0 Å². The molecule has 9 heteroatoms. The molecule has 0 spiro atoms. The van der Waals surface area contributed by atoms with Gasteiger partial charge in [-0.15, -0.1) is 11.3 Å². The monoisotopic (exact) mass is 382 g/mol. The van der Waals surface area contributed by atoms with Crippen LogP contribution in [0.15, 0.2) is 22.4 Å². The van der Waals surface area contributed by atoms with Gasteiger partial charge in [0.25, 0.3) is 5.91 Å². The SMILES string of the molecule is Cc1nn(C)c(C)c1S(=O)(=O)N1CCCN(C(=O)c2cccs2)CC1. The molecule has 1 fully saturated rings. The van der Waals surface area contributed by atoms with E-state index in [0.29, 0.717) is 48.9 Å². The molecule has 2 aromatic heterocycles. The van der Waals surface area contributed by atoms with E-state index in [9.17, 15) is 13.2 Å². The summed E-state index contributed by atoms with van der Waals surface area (Å²) in [4.78, 5) is 15.2. The second kappa shape index (κ2) is 6.89. The maximum Gasteiger partial charge on any atom is 0.263 e. The molecule has 1 aliphatic heterocycles. The maximum atomic E-state index is 13.1. The van der Waals surface area contributed by atoms with Gasteiger partial charge < -0.3 is 4.90 Å². The van der Waals surface area contributed by atoms with Crippen molar-refractivity contribution < 1.29 is 13.2 Å². The second-order valence-corrected chi connectivity index (χ2v) is 8.97. The number of aromatic nitrogens is 2. The van der Waals surface area contributed by atoms with Crippen LogP contribution in [0.1, 0.15) is 27.5 Å².